The summed E-state index contributed by atoms with van der Waals surface area (Å²) in [7, 11) is 0. The first-order chi connectivity index (χ1) is 8.08. The van der Waals surface area contributed by atoms with E-state index in [1.54, 1.807) is 0 Å². The van der Waals surface area contributed by atoms with E-state index in [0.29, 0.717) is 0 Å². The molecule has 19 heavy (non-hydrogen) atoms. The van der Waals surface area contributed by atoms with Gasteiger partial charge in [-0.25, -0.2) is 0 Å². The lowest BCUT2D eigenvalue weighted by atomic mass is 10.2. The highest BCUT2D eigenvalue weighted by Gasteiger charge is 2.86. The predicted molar refractivity (Wildman–Crippen MR) is 31.3 cm³/mol. The topological polar surface area (TPSA) is 18.5 Å². The molecule has 1 fully saturated rings. The largest absolute Gasteiger partial charge is 0.458 e. The number of hydrogen-bond donors (Lipinski definition) is 0. The molecule has 113 valence electrons. The van der Waals surface area contributed by atoms with Crippen LogP contribution >= 0.6 is 0 Å². The van der Waals surface area contributed by atoms with Gasteiger partial charge in [-0.1, -0.05) is 0 Å². The molecule has 0 spiro atoms. The van der Waals surface area contributed by atoms with Gasteiger partial charge in [0.05, 0.1) is 0 Å². The van der Waals surface area contributed by atoms with E-state index >= 15 is 0 Å². The molecule has 0 aromatic rings. The molecule has 0 aromatic heterocycles. The molecule has 0 saturated carbocycles. The maximum absolute atomic E-state index is 12.8. The lowest BCUT2D eigenvalue weighted by Crippen LogP contribution is -2.69. The molecular formula is C6F11O2. The lowest BCUT2D eigenvalue weighted by Gasteiger charge is -2.43. The van der Waals surface area contributed by atoms with Crippen molar-refractivity contribution in [1.29, 1.82) is 0 Å². The lowest BCUT2D eigenvalue weighted by molar-refractivity contribution is -0.551. The Morgan fingerprint density at radius 1 is 0.789 bits per heavy atom. The monoisotopic (exact) mass is 313 g/mol. The normalized spacial score (nSPS) is 37.4. The van der Waals surface area contributed by atoms with E-state index in [9.17, 15) is 48.3 Å². The highest BCUT2D eigenvalue weighted by molar-refractivity contribution is 5.04. The van der Waals surface area contributed by atoms with E-state index in [1.165, 1.54) is 0 Å². The van der Waals surface area contributed by atoms with Gasteiger partial charge in [0.15, 0.2) is 0 Å². The maximum atomic E-state index is 12.8. The van der Waals surface area contributed by atoms with Crippen molar-refractivity contribution < 1.29 is 57.8 Å². The minimum Gasteiger partial charge on any atom is -0.284 e. The third-order valence-electron chi connectivity index (χ3n) is 1.86. The fourth-order valence-corrected chi connectivity index (χ4v) is 0.923. The fourth-order valence-electron chi connectivity index (χ4n) is 0.923. The van der Waals surface area contributed by atoms with Crippen molar-refractivity contribution in [3.05, 3.63) is 6.36 Å². The zero-order valence-electron chi connectivity index (χ0n) is 7.97. The first kappa shape index (κ1) is 16.2. The van der Waals surface area contributed by atoms with Crippen LogP contribution < -0.4 is 0 Å². The van der Waals surface area contributed by atoms with Crippen molar-refractivity contribution in [2.24, 2.45) is 0 Å². The van der Waals surface area contributed by atoms with Crippen LogP contribution in [0.5, 0.6) is 0 Å². The third-order valence-corrected chi connectivity index (χ3v) is 1.86. The molecule has 1 aliphatic rings. The SMILES string of the molecule is F[C]1OC(F)(C(F)(F)F)C(F)(F)OC1(F)C(F)(F)F. The molecule has 0 aliphatic carbocycles. The van der Waals surface area contributed by atoms with Crippen LogP contribution in [0.4, 0.5) is 48.3 Å². The number of ether oxygens (including phenoxy) is 2. The average molecular weight is 313 g/mol. The van der Waals surface area contributed by atoms with Crippen LogP contribution in [0.3, 0.4) is 0 Å². The summed E-state index contributed by atoms with van der Waals surface area (Å²) in [5, 5.41) is 0. The smallest absolute Gasteiger partial charge is 0.284 e. The van der Waals surface area contributed by atoms with Gasteiger partial charge in [-0.05, 0) is 0 Å². The first-order valence-electron chi connectivity index (χ1n) is 3.90. The highest BCUT2D eigenvalue weighted by Crippen LogP contribution is 2.59. The number of halogens is 11. The molecule has 1 saturated heterocycles. The van der Waals surface area contributed by atoms with Crippen molar-refractivity contribution in [3.63, 3.8) is 0 Å². The molecule has 13 heteroatoms. The summed E-state index contributed by atoms with van der Waals surface area (Å²) >= 11 is 0. The van der Waals surface area contributed by atoms with Gasteiger partial charge < -0.3 is 0 Å². The number of hydrogen-bond acceptors (Lipinski definition) is 2. The summed E-state index contributed by atoms with van der Waals surface area (Å²) < 4.78 is 139. The molecule has 0 aromatic carbocycles. The van der Waals surface area contributed by atoms with E-state index < -0.39 is 36.5 Å². The summed E-state index contributed by atoms with van der Waals surface area (Å²) in [5.41, 5.74) is 0. The fraction of sp³-hybridized carbons (Fsp3) is 0.833. The molecule has 1 heterocycles. The number of alkyl halides is 10. The Morgan fingerprint density at radius 3 is 1.53 bits per heavy atom. The third kappa shape index (κ3) is 2.11. The van der Waals surface area contributed by atoms with Crippen LogP contribution in [-0.4, -0.2) is 30.2 Å². The molecule has 0 bridgehead atoms. The van der Waals surface area contributed by atoms with Crippen LogP contribution in [-0.2, 0) is 9.47 Å². The van der Waals surface area contributed by atoms with E-state index in [0.717, 1.165) is 0 Å². The maximum Gasteiger partial charge on any atom is 0.458 e. The summed E-state index contributed by atoms with van der Waals surface area (Å²) in [6.45, 7) is 0. The number of rotatable bonds is 0. The van der Waals surface area contributed by atoms with E-state index in [1.807, 2.05) is 4.74 Å². The van der Waals surface area contributed by atoms with Gasteiger partial charge in [0.1, 0.15) is 0 Å². The van der Waals surface area contributed by atoms with Crippen molar-refractivity contribution in [1.82, 2.24) is 0 Å². The zero-order chi connectivity index (χ0) is 15.5. The minimum absolute atomic E-state index is 2.02. The molecule has 1 aliphatic heterocycles. The van der Waals surface area contributed by atoms with Crippen LogP contribution in [0.15, 0.2) is 0 Å². The van der Waals surface area contributed by atoms with Crippen molar-refractivity contribution in [2.75, 3.05) is 0 Å². The summed E-state index contributed by atoms with van der Waals surface area (Å²) in [6.07, 6.45) is -23.6. The standard InChI is InChI=1S/C6F11O2/c7-1-2(8,4(10,11)12)19-6(16,17)3(9,18-1)5(13,14)15. The van der Waals surface area contributed by atoms with Crippen molar-refractivity contribution in [3.8, 4) is 0 Å². The Labute approximate surface area is 95.6 Å². The van der Waals surface area contributed by atoms with Gasteiger partial charge >= 0.3 is 36.5 Å². The van der Waals surface area contributed by atoms with Crippen LogP contribution in [0, 0.1) is 6.36 Å². The minimum atomic E-state index is -6.69. The Hall–Kier alpha value is -0.850. The van der Waals surface area contributed by atoms with Crippen LogP contribution in [0.1, 0.15) is 0 Å². The highest BCUT2D eigenvalue weighted by atomic mass is 19.4. The Balaban J connectivity index is 3.28. The first-order valence-corrected chi connectivity index (χ1v) is 3.90. The van der Waals surface area contributed by atoms with E-state index in [-0.39, 0.29) is 0 Å². The summed E-state index contributed by atoms with van der Waals surface area (Å²) in [5.74, 6) is -12.3. The van der Waals surface area contributed by atoms with E-state index in [2.05, 4.69) is 4.74 Å². The second-order valence-corrected chi connectivity index (χ2v) is 3.18. The molecule has 1 radical (unpaired) electrons. The molecule has 0 N–H and O–H groups in total. The van der Waals surface area contributed by atoms with Gasteiger partial charge in [-0.3, -0.25) is 9.47 Å². The van der Waals surface area contributed by atoms with Gasteiger partial charge in [0, 0.05) is 0 Å². The summed E-state index contributed by atoms with van der Waals surface area (Å²) in [4.78, 5) is 0. The molecule has 0 amide bonds. The second kappa shape index (κ2) is 3.84. The molecule has 2 unspecified atom stereocenters. The predicted octanol–water partition coefficient (Wildman–Crippen LogP) is 3.54. The van der Waals surface area contributed by atoms with Gasteiger partial charge in [0.2, 0.25) is 0 Å². The molecule has 2 atom stereocenters. The van der Waals surface area contributed by atoms with E-state index in [4.69, 9.17) is 0 Å². The van der Waals surface area contributed by atoms with Crippen molar-refractivity contribution in [2.45, 2.75) is 30.2 Å². The summed E-state index contributed by atoms with van der Waals surface area (Å²) in [6, 6.07) is 0. The Bertz CT molecular complexity index is 361. The molecular weight excluding hydrogens is 313 g/mol. The molecule has 2 nitrogen and oxygen atoms in total. The zero-order valence-corrected chi connectivity index (χ0v) is 7.97. The van der Waals surface area contributed by atoms with Crippen LogP contribution in [0.25, 0.3) is 0 Å². The second-order valence-electron chi connectivity index (χ2n) is 3.18. The molecule has 1 rings (SSSR count). The van der Waals surface area contributed by atoms with Gasteiger partial charge in [-0.15, -0.1) is 0 Å². The Kier molecular flexibility index (Phi) is 3.27. The van der Waals surface area contributed by atoms with Crippen LogP contribution in [0.2, 0.25) is 0 Å². The average Bonchev–Trinajstić information content (AvgIpc) is 2.10. The Morgan fingerprint density at radius 2 is 1.21 bits per heavy atom. The van der Waals surface area contributed by atoms with Gasteiger partial charge in [-0.2, -0.15) is 48.3 Å². The quantitative estimate of drug-likeness (QED) is 0.637. The van der Waals surface area contributed by atoms with Crippen molar-refractivity contribution >= 4 is 0 Å². The van der Waals surface area contributed by atoms with Gasteiger partial charge in [0.25, 0.3) is 0 Å².